The van der Waals surface area contributed by atoms with Gasteiger partial charge in [0.15, 0.2) is 6.10 Å². The van der Waals surface area contributed by atoms with Crippen LogP contribution in [-0.2, 0) is 28.6 Å². The summed E-state index contributed by atoms with van der Waals surface area (Å²) in [5.74, 6) is -0.949. The first kappa shape index (κ1) is 65.1. The number of esters is 3. The van der Waals surface area contributed by atoms with E-state index < -0.39 is 6.10 Å². The normalized spacial score (nSPS) is 12.5. The van der Waals surface area contributed by atoms with E-state index in [0.717, 1.165) is 70.6 Å². The van der Waals surface area contributed by atoms with Gasteiger partial charge in [-0.05, 0) is 83.5 Å². The van der Waals surface area contributed by atoms with E-state index in [2.05, 4.69) is 81.5 Å². The van der Waals surface area contributed by atoms with Gasteiger partial charge in [-0.3, -0.25) is 14.4 Å². The topological polar surface area (TPSA) is 78.9 Å². The van der Waals surface area contributed by atoms with Gasteiger partial charge in [0.2, 0.25) is 0 Å². The highest BCUT2D eigenvalue weighted by molar-refractivity contribution is 5.71. The van der Waals surface area contributed by atoms with Crippen molar-refractivity contribution in [1.29, 1.82) is 0 Å². The van der Waals surface area contributed by atoms with E-state index in [-0.39, 0.29) is 37.5 Å². The predicted molar refractivity (Wildman–Crippen MR) is 293 cm³/mol. The molecule has 0 radical (unpaired) electrons. The predicted octanol–water partition coefficient (Wildman–Crippen LogP) is 19.6. The largest absolute Gasteiger partial charge is 0.462 e. The smallest absolute Gasteiger partial charge is 0.306 e. The van der Waals surface area contributed by atoms with Gasteiger partial charge < -0.3 is 14.2 Å². The van der Waals surface area contributed by atoms with Crippen molar-refractivity contribution in [2.45, 2.75) is 303 Å². The van der Waals surface area contributed by atoms with Gasteiger partial charge in [0.1, 0.15) is 13.2 Å². The lowest BCUT2D eigenvalue weighted by atomic mass is 10.0. The van der Waals surface area contributed by atoms with E-state index in [1.165, 1.54) is 180 Å². The quantitative estimate of drug-likeness (QED) is 0.0262. The molecule has 0 saturated carbocycles. The van der Waals surface area contributed by atoms with Crippen molar-refractivity contribution in [1.82, 2.24) is 0 Å². The number of ether oxygens (including phenoxy) is 3. The molecule has 394 valence electrons. The molecule has 0 saturated heterocycles. The molecule has 0 aromatic carbocycles. The average Bonchev–Trinajstić information content (AvgIpc) is 3.34. The number of rotatable bonds is 53. The molecule has 6 heteroatoms. The van der Waals surface area contributed by atoms with Crippen LogP contribution < -0.4 is 0 Å². The Morgan fingerprint density at radius 1 is 0.294 bits per heavy atom. The zero-order valence-corrected chi connectivity index (χ0v) is 45.1. The van der Waals surface area contributed by atoms with E-state index >= 15 is 0 Å². The zero-order valence-electron chi connectivity index (χ0n) is 45.1. The van der Waals surface area contributed by atoms with E-state index in [9.17, 15) is 14.4 Å². The molecule has 0 aliphatic heterocycles. The lowest BCUT2D eigenvalue weighted by Crippen LogP contribution is -2.30. The molecule has 0 aliphatic rings. The number of unbranched alkanes of at least 4 members (excludes halogenated alkanes) is 32. The van der Waals surface area contributed by atoms with E-state index in [1.807, 2.05) is 0 Å². The Bertz CT molecular complexity index is 1230. The van der Waals surface area contributed by atoms with Crippen LogP contribution in [0.5, 0.6) is 0 Å². The standard InChI is InChI=1S/C62H110O6/c1-4-7-10-13-16-19-22-25-28-30-31-33-34-37-40-43-46-49-52-55-61(64)67-58-59(57-66-60(63)54-51-48-45-42-39-36-27-24-21-18-15-12-9-6-3)68-62(65)56-53-50-47-44-41-38-35-32-29-26-23-20-17-14-11-8-5-2/h17,20,24,26-27,29,35,38,44,47,59H,4-16,18-19,21-23,25,28,30-34,36-37,39-43,45-46,48-58H2,1-3H3/b20-17-,27-24-,29-26-,38-35-,47-44-/t59-/m1/s1. The van der Waals surface area contributed by atoms with Crippen molar-refractivity contribution in [2.24, 2.45) is 0 Å². The fraction of sp³-hybridized carbons (Fsp3) is 0.790. The Labute approximate surface area is 421 Å². The molecule has 0 bridgehead atoms. The first-order valence-electron chi connectivity index (χ1n) is 29.3. The first-order valence-corrected chi connectivity index (χ1v) is 29.3. The highest BCUT2D eigenvalue weighted by Crippen LogP contribution is 2.16. The molecule has 0 fully saturated rings. The van der Waals surface area contributed by atoms with Crippen molar-refractivity contribution in [2.75, 3.05) is 13.2 Å². The van der Waals surface area contributed by atoms with Crippen LogP contribution in [0.15, 0.2) is 60.8 Å². The maximum Gasteiger partial charge on any atom is 0.306 e. The Balaban J connectivity index is 4.42. The second-order valence-corrected chi connectivity index (χ2v) is 19.6. The maximum absolute atomic E-state index is 12.8. The Hall–Kier alpha value is -2.89. The summed E-state index contributed by atoms with van der Waals surface area (Å²) in [6.45, 7) is 6.58. The number of hydrogen-bond donors (Lipinski definition) is 0. The molecule has 0 spiro atoms. The Morgan fingerprint density at radius 2 is 0.544 bits per heavy atom. The Kier molecular flexibility index (Phi) is 54.3. The fourth-order valence-electron chi connectivity index (χ4n) is 8.31. The summed E-state index contributed by atoms with van der Waals surface area (Å²) in [6, 6.07) is 0. The van der Waals surface area contributed by atoms with Crippen LogP contribution in [0.4, 0.5) is 0 Å². The van der Waals surface area contributed by atoms with Gasteiger partial charge in [0.05, 0.1) is 0 Å². The lowest BCUT2D eigenvalue weighted by Gasteiger charge is -2.18. The van der Waals surface area contributed by atoms with Crippen LogP contribution in [0.25, 0.3) is 0 Å². The highest BCUT2D eigenvalue weighted by Gasteiger charge is 2.19. The van der Waals surface area contributed by atoms with Crippen molar-refractivity contribution < 1.29 is 28.6 Å². The minimum Gasteiger partial charge on any atom is -0.462 e. The monoisotopic (exact) mass is 951 g/mol. The molecule has 0 N–H and O–H groups in total. The summed E-state index contributed by atoms with van der Waals surface area (Å²) >= 11 is 0. The minimum atomic E-state index is -0.804. The number of hydrogen-bond acceptors (Lipinski definition) is 6. The van der Waals surface area contributed by atoms with Crippen molar-refractivity contribution in [3.05, 3.63) is 60.8 Å². The first-order chi connectivity index (χ1) is 33.5. The van der Waals surface area contributed by atoms with Gasteiger partial charge in [0, 0.05) is 19.3 Å². The van der Waals surface area contributed by atoms with Crippen LogP contribution in [0.2, 0.25) is 0 Å². The van der Waals surface area contributed by atoms with Crippen LogP contribution >= 0.6 is 0 Å². The molecule has 6 nitrogen and oxygen atoms in total. The van der Waals surface area contributed by atoms with Crippen LogP contribution in [0.3, 0.4) is 0 Å². The third-order valence-electron chi connectivity index (χ3n) is 12.7. The lowest BCUT2D eigenvalue weighted by molar-refractivity contribution is -0.167. The molecule has 0 amide bonds. The fourth-order valence-corrected chi connectivity index (χ4v) is 8.31. The van der Waals surface area contributed by atoms with Gasteiger partial charge in [-0.25, -0.2) is 0 Å². The number of allylic oxidation sites excluding steroid dienone is 10. The molecule has 68 heavy (non-hydrogen) atoms. The molecule has 0 aromatic rings. The second-order valence-electron chi connectivity index (χ2n) is 19.6. The van der Waals surface area contributed by atoms with Crippen molar-refractivity contribution >= 4 is 17.9 Å². The maximum atomic E-state index is 12.8. The van der Waals surface area contributed by atoms with Gasteiger partial charge in [0.25, 0.3) is 0 Å². The molecule has 0 rings (SSSR count). The number of carbonyl (C=O) groups excluding carboxylic acids is 3. The van der Waals surface area contributed by atoms with Crippen LogP contribution in [-0.4, -0.2) is 37.2 Å². The van der Waals surface area contributed by atoms with Gasteiger partial charge in [-0.2, -0.15) is 0 Å². The minimum absolute atomic E-state index is 0.0958. The molecule has 0 unspecified atom stereocenters. The van der Waals surface area contributed by atoms with E-state index in [4.69, 9.17) is 14.2 Å². The summed E-state index contributed by atoms with van der Waals surface area (Å²) < 4.78 is 16.8. The van der Waals surface area contributed by atoms with Crippen molar-refractivity contribution in [3.63, 3.8) is 0 Å². The summed E-state index contributed by atoms with van der Waals surface area (Å²) in [7, 11) is 0. The van der Waals surface area contributed by atoms with E-state index in [1.54, 1.807) is 0 Å². The van der Waals surface area contributed by atoms with Crippen molar-refractivity contribution in [3.8, 4) is 0 Å². The second kappa shape index (κ2) is 56.7. The van der Waals surface area contributed by atoms with Gasteiger partial charge in [-0.1, -0.05) is 255 Å². The van der Waals surface area contributed by atoms with Crippen LogP contribution in [0, 0.1) is 0 Å². The summed E-state index contributed by atoms with van der Waals surface area (Å²) in [5, 5.41) is 0. The zero-order chi connectivity index (χ0) is 49.3. The van der Waals surface area contributed by atoms with E-state index in [0.29, 0.717) is 19.3 Å². The summed E-state index contributed by atoms with van der Waals surface area (Å²) in [4.78, 5) is 38.1. The molecule has 0 aliphatic carbocycles. The highest BCUT2D eigenvalue weighted by atomic mass is 16.6. The molecular formula is C62H110O6. The molecular weight excluding hydrogens is 841 g/mol. The third-order valence-corrected chi connectivity index (χ3v) is 12.7. The summed E-state index contributed by atoms with van der Waals surface area (Å²) in [5.41, 5.74) is 0. The average molecular weight is 952 g/mol. The van der Waals surface area contributed by atoms with Crippen LogP contribution in [0.1, 0.15) is 297 Å². The summed E-state index contributed by atoms with van der Waals surface area (Å²) in [6.07, 6.45) is 70.7. The van der Waals surface area contributed by atoms with Gasteiger partial charge in [-0.15, -0.1) is 0 Å². The SMILES string of the molecule is CCCCC/C=C\C/C=C\C/C=C\C/C=C\CCCC(=O)O[C@H](COC(=O)CCCCCCC/C=C\CCCCCCC)COC(=O)CCCCCCCCCCCCCCCCCCCCC. The molecule has 0 aromatic heterocycles. The number of carbonyl (C=O) groups is 3. The third kappa shape index (κ3) is 54.1. The van der Waals surface area contributed by atoms with Gasteiger partial charge >= 0.3 is 17.9 Å². The molecule has 1 atom stereocenters. The molecule has 0 heterocycles. The Morgan fingerprint density at radius 3 is 0.912 bits per heavy atom.